The fourth-order valence-electron chi connectivity index (χ4n) is 3.09. The summed E-state index contributed by atoms with van der Waals surface area (Å²) in [5.74, 6) is 9.70. The van der Waals surface area contributed by atoms with E-state index in [0.29, 0.717) is 13.1 Å². The Hall–Kier alpha value is -2.62. The third-order valence-corrected chi connectivity index (χ3v) is 7.32. The number of aliphatic hydroxyl groups is 1. The predicted molar refractivity (Wildman–Crippen MR) is 115 cm³/mol. The topological polar surface area (TPSA) is 107 Å². The number of benzene rings is 1. The summed E-state index contributed by atoms with van der Waals surface area (Å²) in [4.78, 5) is 14.0. The highest BCUT2D eigenvalue weighted by Crippen LogP contribution is 2.25. The smallest absolute Gasteiger partial charge is 0.264 e. The van der Waals surface area contributed by atoms with Crippen LogP contribution in [0.2, 0.25) is 0 Å². The van der Waals surface area contributed by atoms with Crippen LogP contribution in [0, 0.1) is 23.7 Å². The monoisotopic (exact) mass is 430 g/mol. The number of aliphatic hydroxyl groups excluding tert-OH is 1. The largest absolute Gasteiger partial charge is 0.384 e. The Balaban J connectivity index is 1.99. The molecule has 3 N–H and O–H groups in total. The number of hydrogen-bond acceptors (Lipinski definition) is 6. The molecule has 1 aromatic rings. The lowest BCUT2D eigenvalue weighted by molar-refractivity contribution is -0.131. The number of sulfone groups is 1. The highest BCUT2D eigenvalue weighted by molar-refractivity contribution is 7.92. The van der Waals surface area contributed by atoms with E-state index < -0.39 is 20.5 Å². The van der Waals surface area contributed by atoms with Crippen LogP contribution in [-0.4, -0.2) is 66.8 Å². The maximum Gasteiger partial charge on any atom is 0.264 e. The van der Waals surface area contributed by atoms with E-state index in [1.165, 1.54) is 18.0 Å². The Bertz CT molecular complexity index is 1020. The molecule has 2 rings (SSSR count). The molecule has 0 aromatic heterocycles. The van der Waals surface area contributed by atoms with Crippen molar-refractivity contribution in [3.05, 3.63) is 41.5 Å². The predicted octanol–water partition coefficient (Wildman–Crippen LogP) is 0.822. The van der Waals surface area contributed by atoms with Crippen molar-refractivity contribution in [2.24, 2.45) is 0 Å². The summed E-state index contributed by atoms with van der Waals surface area (Å²) >= 11 is 0. The van der Waals surface area contributed by atoms with E-state index in [0.717, 1.165) is 30.3 Å². The number of nitrogens with zero attached hydrogens (tertiary/aromatic N) is 1. The number of amides is 1. The number of hydrogen-bond donors (Lipinski definition) is 3. The number of carbonyl (C=O) groups excluding carboxylic acids is 1. The van der Waals surface area contributed by atoms with Gasteiger partial charge in [-0.05, 0) is 54.9 Å². The van der Waals surface area contributed by atoms with Gasteiger partial charge in [-0.1, -0.05) is 30.0 Å². The molecular formula is C22H26N2O5S. The minimum absolute atomic E-state index is 0.0912. The van der Waals surface area contributed by atoms with Crippen molar-refractivity contribution in [3.63, 3.8) is 0 Å². The highest BCUT2D eigenvalue weighted by atomic mass is 32.2. The van der Waals surface area contributed by atoms with Crippen LogP contribution in [0.5, 0.6) is 0 Å². The molecule has 0 radical (unpaired) electrons. The van der Waals surface area contributed by atoms with Gasteiger partial charge in [-0.25, -0.2) is 13.9 Å². The average Bonchev–Trinajstić information content (AvgIpc) is 2.74. The Morgan fingerprint density at radius 1 is 1.27 bits per heavy atom. The molecule has 30 heavy (non-hydrogen) atoms. The van der Waals surface area contributed by atoms with E-state index in [4.69, 9.17) is 10.3 Å². The molecule has 1 unspecified atom stereocenters. The lowest BCUT2D eigenvalue weighted by Crippen LogP contribution is -2.51. The third-order valence-electron chi connectivity index (χ3n) is 5.29. The molecule has 8 heteroatoms. The highest BCUT2D eigenvalue weighted by Gasteiger charge is 2.43. The van der Waals surface area contributed by atoms with Gasteiger partial charge in [-0.15, -0.1) is 0 Å². The van der Waals surface area contributed by atoms with Gasteiger partial charge >= 0.3 is 0 Å². The van der Waals surface area contributed by atoms with Crippen molar-refractivity contribution in [1.29, 1.82) is 0 Å². The van der Waals surface area contributed by atoms with Crippen molar-refractivity contribution in [2.75, 3.05) is 32.5 Å². The summed E-state index contributed by atoms with van der Waals surface area (Å²) in [5.41, 5.74) is 4.61. The Labute approximate surface area is 177 Å². The van der Waals surface area contributed by atoms with Gasteiger partial charge in [0.1, 0.15) is 6.61 Å². The Morgan fingerprint density at radius 2 is 1.97 bits per heavy atom. The summed E-state index contributed by atoms with van der Waals surface area (Å²) < 4.78 is 22.4. The second-order valence-corrected chi connectivity index (χ2v) is 9.71. The van der Waals surface area contributed by atoms with Gasteiger partial charge in [0.15, 0.2) is 14.6 Å². The first-order chi connectivity index (χ1) is 14.2. The maximum atomic E-state index is 12.1. The standard InChI is InChI=1S/C22H26N2O5S/c1-22(21(26)23-27,30(2,28)29)13-16-24-14-11-20(12-15-24)19-9-7-18(8-10-19)6-4-3-5-17-25/h7-11,25,27H,12-17H2,1-2H3,(H,23,26). The van der Waals surface area contributed by atoms with E-state index in [9.17, 15) is 13.2 Å². The first-order valence-electron chi connectivity index (χ1n) is 9.47. The van der Waals surface area contributed by atoms with E-state index in [1.807, 2.05) is 24.3 Å². The molecule has 7 nitrogen and oxygen atoms in total. The summed E-state index contributed by atoms with van der Waals surface area (Å²) in [7, 11) is -3.69. The second-order valence-electron chi connectivity index (χ2n) is 7.26. The minimum Gasteiger partial charge on any atom is -0.384 e. The number of hydroxylamine groups is 1. The molecule has 0 spiro atoms. The Kier molecular flexibility index (Phi) is 8.22. The third kappa shape index (κ3) is 5.94. The van der Waals surface area contributed by atoms with E-state index in [2.05, 4.69) is 34.7 Å². The summed E-state index contributed by atoms with van der Waals surface area (Å²) in [6.07, 6.45) is 3.99. The van der Waals surface area contributed by atoms with Crippen LogP contribution >= 0.6 is 0 Å². The molecular weight excluding hydrogens is 404 g/mol. The molecule has 1 amide bonds. The summed E-state index contributed by atoms with van der Waals surface area (Å²) in [6.45, 7) is 2.93. The maximum absolute atomic E-state index is 12.1. The fraction of sp³-hybridized carbons (Fsp3) is 0.409. The zero-order valence-electron chi connectivity index (χ0n) is 17.1. The minimum atomic E-state index is -3.69. The van der Waals surface area contributed by atoms with E-state index in [-0.39, 0.29) is 13.0 Å². The number of carbonyl (C=O) groups is 1. The molecule has 0 saturated heterocycles. The van der Waals surface area contributed by atoms with Crippen molar-refractivity contribution in [3.8, 4) is 23.7 Å². The lowest BCUT2D eigenvalue weighted by atomic mass is 9.98. The molecule has 1 atom stereocenters. The van der Waals surface area contributed by atoms with E-state index in [1.54, 1.807) is 0 Å². The van der Waals surface area contributed by atoms with Crippen molar-refractivity contribution < 1.29 is 23.5 Å². The fourth-order valence-corrected chi connectivity index (χ4v) is 3.93. The zero-order valence-corrected chi connectivity index (χ0v) is 17.9. The first kappa shape index (κ1) is 23.7. The van der Waals surface area contributed by atoms with Crippen molar-refractivity contribution >= 4 is 21.3 Å². The van der Waals surface area contributed by atoms with Crippen LogP contribution in [0.3, 0.4) is 0 Å². The molecule has 160 valence electrons. The van der Waals surface area contributed by atoms with Crippen LogP contribution in [0.15, 0.2) is 30.3 Å². The molecule has 1 aliphatic heterocycles. The van der Waals surface area contributed by atoms with Crippen LogP contribution in [0.1, 0.15) is 30.9 Å². The van der Waals surface area contributed by atoms with Gasteiger partial charge in [0.25, 0.3) is 5.91 Å². The normalized spacial score (nSPS) is 16.2. The zero-order chi connectivity index (χ0) is 22.2. The van der Waals surface area contributed by atoms with Crippen LogP contribution in [0.4, 0.5) is 0 Å². The first-order valence-corrected chi connectivity index (χ1v) is 11.4. The summed E-state index contributed by atoms with van der Waals surface area (Å²) in [5, 5.41) is 17.5. The van der Waals surface area contributed by atoms with Gasteiger partial charge in [-0.2, -0.15) is 0 Å². The molecule has 1 aliphatic rings. The molecule has 1 aromatic carbocycles. The van der Waals surface area contributed by atoms with E-state index >= 15 is 0 Å². The van der Waals surface area contributed by atoms with Crippen LogP contribution < -0.4 is 5.48 Å². The second kappa shape index (κ2) is 10.4. The number of rotatable bonds is 6. The molecule has 0 bridgehead atoms. The SMILES string of the molecule is CC(CCN1CC=C(c2ccc(C#CC#CCO)cc2)CC1)(C(=O)NO)S(C)(=O)=O. The van der Waals surface area contributed by atoms with Gasteiger partial charge in [0.05, 0.1) is 0 Å². The lowest BCUT2D eigenvalue weighted by Gasteiger charge is -2.31. The van der Waals surface area contributed by atoms with Crippen LogP contribution in [-0.2, 0) is 14.6 Å². The van der Waals surface area contributed by atoms with Crippen LogP contribution in [0.25, 0.3) is 5.57 Å². The average molecular weight is 431 g/mol. The van der Waals surface area contributed by atoms with Gasteiger partial charge in [0, 0.05) is 31.5 Å². The van der Waals surface area contributed by atoms with Gasteiger partial charge < -0.3 is 5.11 Å². The Morgan fingerprint density at radius 3 is 2.50 bits per heavy atom. The van der Waals surface area contributed by atoms with Crippen molar-refractivity contribution in [1.82, 2.24) is 10.4 Å². The quantitative estimate of drug-likeness (QED) is 0.351. The molecule has 1 heterocycles. The van der Waals surface area contributed by atoms with Gasteiger partial charge in [0.2, 0.25) is 0 Å². The van der Waals surface area contributed by atoms with Gasteiger partial charge in [-0.3, -0.25) is 14.9 Å². The molecule has 0 fully saturated rings. The number of nitrogens with one attached hydrogen (secondary N) is 1. The summed E-state index contributed by atoms with van der Waals surface area (Å²) in [6, 6.07) is 7.83. The molecule has 0 saturated carbocycles. The van der Waals surface area contributed by atoms with Crippen molar-refractivity contribution in [2.45, 2.75) is 24.5 Å². The molecule has 0 aliphatic carbocycles.